The molecule has 1 unspecified atom stereocenters. The first-order valence-electron chi connectivity index (χ1n) is 7.71. The van der Waals surface area contributed by atoms with Crippen LogP contribution in [0.5, 0.6) is 0 Å². The van der Waals surface area contributed by atoms with Gasteiger partial charge < -0.3 is 10.1 Å². The lowest BCUT2D eigenvalue weighted by Crippen LogP contribution is -2.33. The molecular weight excluding hydrogens is 314 g/mol. The molecule has 1 aromatic carbocycles. The third-order valence-electron chi connectivity index (χ3n) is 4.23. The van der Waals surface area contributed by atoms with E-state index >= 15 is 0 Å². The molecule has 0 saturated carbocycles. The maximum atomic E-state index is 5.53. The summed E-state index contributed by atoms with van der Waals surface area (Å²) in [6.07, 6.45) is 3.50. The fraction of sp³-hybridized carbons (Fsp3) is 0.647. The predicted octanol–water partition coefficient (Wildman–Crippen LogP) is 4.53. The number of rotatable bonds is 5. The zero-order valence-corrected chi connectivity index (χ0v) is 14.4. The van der Waals surface area contributed by atoms with Gasteiger partial charge in [0.2, 0.25) is 0 Å². The molecule has 1 saturated heterocycles. The van der Waals surface area contributed by atoms with Crippen LogP contribution in [0.1, 0.15) is 48.9 Å². The molecule has 0 radical (unpaired) electrons. The van der Waals surface area contributed by atoms with Crippen LogP contribution < -0.4 is 5.32 Å². The first-order chi connectivity index (χ1) is 9.63. The van der Waals surface area contributed by atoms with Gasteiger partial charge in [-0.15, -0.1) is 0 Å². The number of benzene rings is 1. The van der Waals surface area contributed by atoms with Gasteiger partial charge >= 0.3 is 0 Å². The molecule has 1 fully saturated rings. The second-order valence-corrected chi connectivity index (χ2v) is 6.69. The van der Waals surface area contributed by atoms with Gasteiger partial charge in [0, 0.05) is 23.7 Å². The molecular formula is C17H26BrNO. The molecule has 2 rings (SSSR count). The van der Waals surface area contributed by atoms with Gasteiger partial charge in [0.15, 0.2) is 0 Å². The van der Waals surface area contributed by atoms with Crippen molar-refractivity contribution in [3.63, 3.8) is 0 Å². The van der Waals surface area contributed by atoms with Crippen molar-refractivity contribution in [2.75, 3.05) is 19.8 Å². The minimum absolute atomic E-state index is 0.464. The molecule has 2 nitrogen and oxygen atoms in total. The van der Waals surface area contributed by atoms with Crippen LogP contribution in [0.3, 0.4) is 0 Å². The van der Waals surface area contributed by atoms with Crippen LogP contribution in [0.15, 0.2) is 16.6 Å². The van der Waals surface area contributed by atoms with Crippen molar-refractivity contribution in [2.24, 2.45) is 5.92 Å². The summed E-state index contributed by atoms with van der Waals surface area (Å²) in [7, 11) is 0. The number of ether oxygens (including phenoxy) is 1. The molecule has 1 aliphatic heterocycles. The van der Waals surface area contributed by atoms with Crippen LogP contribution in [0, 0.1) is 19.8 Å². The van der Waals surface area contributed by atoms with E-state index in [-0.39, 0.29) is 0 Å². The van der Waals surface area contributed by atoms with Crippen LogP contribution in [-0.4, -0.2) is 19.8 Å². The van der Waals surface area contributed by atoms with E-state index in [9.17, 15) is 0 Å². The Morgan fingerprint density at radius 1 is 1.25 bits per heavy atom. The van der Waals surface area contributed by atoms with Gasteiger partial charge in [0.25, 0.3) is 0 Å². The molecule has 0 bridgehead atoms. The van der Waals surface area contributed by atoms with E-state index in [0.29, 0.717) is 12.0 Å². The van der Waals surface area contributed by atoms with Gasteiger partial charge in [-0.25, -0.2) is 0 Å². The van der Waals surface area contributed by atoms with Gasteiger partial charge in [0.05, 0.1) is 0 Å². The zero-order valence-electron chi connectivity index (χ0n) is 12.8. The summed E-state index contributed by atoms with van der Waals surface area (Å²) in [6.45, 7) is 9.52. The quantitative estimate of drug-likeness (QED) is 0.850. The van der Waals surface area contributed by atoms with E-state index in [2.05, 4.69) is 54.2 Å². The van der Waals surface area contributed by atoms with Crippen molar-refractivity contribution >= 4 is 15.9 Å². The molecule has 0 spiro atoms. The van der Waals surface area contributed by atoms with E-state index in [4.69, 9.17) is 4.74 Å². The smallest absolute Gasteiger partial charge is 0.0469 e. The topological polar surface area (TPSA) is 21.3 Å². The molecule has 3 heteroatoms. The summed E-state index contributed by atoms with van der Waals surface area (Å²) < 4.78 is 6.74. The van der Waals surface area contributed by atoms with Crippen molar-refractivity contribution in [3.8, 4) is 0 Å². The molecule has 0 aromatic heterocycles. The summed E-state index contributed by atoms with van der Waals surface area (Å²) in [5.41, 5.74) is 4.16. The number of hydrogen-bond acceptors (Lipinski definition) is 2. The van der Waals surface area contributed by atoms with Crippen LogP contribution in [0.2, 0.25) is 0 Å². The van der Waals surface area contributed by atoms with Crippen molar-refractivity contribution < 1.29 is 4.74 Å². The Balaban J connectivity index is 2.27. The molecule has 1 atom stereocenters. The number of halogens is 1. The Bertz CT molecular complexity index is 441. The van der Waals surface area contributed by atoms with Gasteiger partial charge in [-0.2, -0.15) is 0 Å². The summed E-state index contributed by atoms with van der Waals surface area (Å²) in [5, 5.41) is 3.77. The Hall–Kier alpha value is -0.380. The van der Waals surface area contributed by atoms with Crippen LogP contribution in [-0.2, 0) is 4.74 Å². The number of hydrogen-bond donors (Lipinski definition) is 1. The Morgan fingerprint density at radius 3 is 2.60 bits per heavy atom. The Kier molecular flexibility index (Phi) is 6.06. The van der Waals surface area contributed by atoms with Crippen molar-refractivity contribution in [2.45, 2.75) is 46.1 Å². The normalized spacial score (nSPS) is 18.2. The number of nitrogens with one attached hydrogen (secondary N) is 1. The summed E-state index contributed by atoms with van der Waals surface area (Å²) >= 11 is 3.64. The van der Waals surface area contributed by atoms with Crippen molar-refractivity contribution in [1.82, 2.24) is 5.32 Å². The van der Waals surface area contributed by atoms with E-state index < -0.39 is 0 Å². The second kappa shape index (κ2) is 7.58. The molecule has 1 heterocycles. The highest BCUT2D eigenvalue weighted by molar-refractivity contribution is 9.10. The van der Waals surface area contributed by atoms with Gasteiger partial charge in [-0.1, -0.05) is 28.9 Å². The monoisotopic (exact) mass is 339 g/mol. The zero-order chi connectivity index (χ0) is 14.5. The van der Waals surface area contributed by atoms with E-state index in [0.717, 1.165) is 32.6 Å². The van der Waals surface area contributed by atoms with Crippen molar-refractivity contribution in [1.29, 1.82) is 0 Å². The minimum Gasteiger partial charge on any atom is -0.381 e. The van der Waals surface area contributed by atoms with Gasteiger partial charge in [-0.05, 0) is 68.3 Å². The van der Waals surface area contributed by atoms with Gasteiger partial charge in [-0.3, -0.25) is 0 Å². The highest BCUT2D eigenvalue weighted by Crippen LogP contribution is 2.34. The SMILES string of the molecule is CCCNC(c1cc(C)c(Br)cc1C)C1CCOCC1. The highest BCUT2D eigenvalue weighted by atomic mass is 79.9. The molecule has 20 heavy (non-hydrogen) atoms. The molecule has 1 aromatic rings. The largest absolute Gasteiger partial charge is 0.381 e. The van der Waals surface area contributed by atoms with Crippen LogP contribution in [0.4, 0.5) is 0 Å². The average molecular weight is 340 g/mol. The highest BCUT2D eigenvalue weighted by Gasteiger charge is 2.26. The lowest BCUT2D eigenvalue weighted by Gasteiger charge is -2.32. The number of aryl methyl sites for hydroxylation is 2. The second-order valence-electron chi connectivity index (χ2n) is 5.84. The molecule has 112 valence electrons. The first kappa shape index (κ1) is 16.0. The Labute approximate surface area is 131 Å². The molecule has 1 aliphatic rings. The lowest BCUT2D eigenvalue weighted by atomic mass is 9.84. The average Bonchev–Trinajstić information content (AvgIpc) is 2.45. The fourth-order valence-corrected chi connectivity index (χ4v) is 3.48. The fourth-order valence-electron chi connectivity index (χ4n) is 3.02. The third-order valence-corrected chi connectivity index (χ3v) is 5.09. The maximum absolute atomic E-state index is 5.53. The minimum atomic E-state index is 0.464. The molecule has 1 N–H and O–H groups in total. The van der Waals surface area contributed by atoms with Crippen molar-refractivity contribution in [3.05, 3.63) is 33.3 Å². The van der Waals surface area contributed by atoms with E-state index in [1.807, 2.05) is 0 Å². The predicted molar refractivity (Wildman–Crippen MR) is 88.2 cm³/mol. The lowest BCUT2D eigenvalue weighted by molar-refractivity contribution is 0.0535. The van der Waals surface area contributed by atoms with E-state index in [1.54, 1.807) is 0 Å². The van der Waals surface area contributed by atoms with E-state index in [1.165, 1.54) is 27.6 Å². The molecule has 0 aliphatic carbocycles. The molecule has 0 amide bonds. The van der Waals surface area contributed by atoms with Crippen LogP contribution >= 0.6 is 15.9 Å². The first-order valence-corrected chi connectivity index (χ1v) is 8.50. The third kappa shape index (κ3) is 3.84. The van der Waals surface area contributed by atoms with Gasteiger partial charge in [0.1, 0.15) is 0 Å². The summed E-state index contributed by atoms with van der Waals surface area (Å²) in [6, 6.07) is 5.07. The standard InChI is InChI=1S/C17H26BrNO/c1-4-7-19-17(14-5-8-20-9-6-14)15-10-13(3)16(18)11-12(15)2/h10-11,14,17,19H,4-9H2,1-3H3. The Morgan fingerprint density at radius 2 is 1.95 bits per heavy atom. The summed E-state index contributed by atoms with van der Waals surface area (Å²) in [4.78, 5) is 0. The summed E-state index contributed by atoms with van der Waals surface area (Å²) in [5.74, 6) is 0.689. The maximum Gasteiger partial charge on any atom is 0.0469 e. The van der Waals surface area contributed by atoms with Crippen LogP contribution in [0.25, 0.3) is 0 Å².